The Hall–Kier alpha value is -3.26. The monoisotopic (exact) mass is 468 g/mol. The van der Waals surface area contributed by atoms with Gasteiger partial charge in [0.25, 0.3) is 5.91 Å². The van der Waals surface area contributed by atoms with E-state index in [0.717, 1.165) is 24.0 Å². The van der Waals surface area contributed by atoms with Gasteiger partial charge in [0.15, 0.2) is 17.6 Å². The highest BCUT2D eigenvalue weighted by molar-refractivity contribution is 6.03. The number of hydrogen-bond donors (Lipinski definition) is 0. The summed E-state index contributed by atoms with van der Waals surface area (Å²) >= 11 is 0. The maximum absolute atomic E-state index is 13.6. The van der Waals surface area contributed by atoms with Gasteiger partial charge in [-0.25, -0.2) is 0 Å². The molecule has 0 spiro atoms. The first-order chi connectivity index (χ1) is 16.4. The van der Waals surface area contributed by atoms with Crippen molar-refractivity contribution in [2.24, 2.45) is 0 Å². The summed E-state index contributed by atoms with van der Waals surface area (Å²) in [5.74, 6) is 1.46. The van der Waals surface area contributed by atoms with Crippen molar-refractivity contribution in [1.29, 1.82) is 0 Å². The molecule has 0 unspecified atom stereocenters. The normalized spacial score (nSPS) is 19.4. The minimum absolute atomic E-state index is 0.0158. The van der Waals surface area contributed by atoms with Crippen LogP contribution in [0.1, 0.15) is 30.9 Å². The zero-order chi connectivity index (χ0) is 24.2. The number of methoxy groups -OCH3 is 2. The molecule has 0 aromatic heterocycles. The molecule has 182 valence electrons. The van der Waals surface area contributed by atoms with Crippen LogP contribution in [0.3, 0.4) is 0 Å². The van der Waals surface area contributed by atoms with Crippen LogP contribution in [0.15, 0.2) is 36.4 Å². The van der Waals surface area contributed by atoms with Gasteiger partial charge in [-0.2, -0.15) is 0 Å². The summed E-state index contributed by atoms with van der Waals surface area (Å²) in [6.45, 7) is 5.12. The third kappa shape index (κ3) is 5.12. The molecular formula is C26H32N2O6. The van der Waals surface area contributed by atoms with Crippen LogP contribution in [0.2, 0.25) is 0 Å². The average molecular weight is 469 g/mol. The van der Waals surface area contributed by atoms with E-state index in [-0.39, 0.29) is 24.5 Å². The number of ether oxygens (including phenoxy) is 4. The van der Waals surface area contributed by atoms with E-state index in [1.807, 2.05) is 43.3 Å². The van der Waals surface area contributed by atoms with Gasteiger partial charge in [0, 0.05) is 19.7 Å². The molecular weight excluding hydrogens is 436 g/mol. The van der Waals surface area contributed by atoms with E-state index in [9.17, 15) is 9.59 Å². The van der Waals surface area contributed by atoms with Crippen molar-refractivity contribution in [3.05, 3.63) is 47.5 Å². The van der Waals surface area contributed by atoms with Crippen molar-refractivity contribution in [3.63, 3.8) is 0 Å². The van der Waals surface area contributed by atoms with E-state index < -0.39 is 6.10 Å². The fourth-order valence-corrected chi connectivity index (χ4v) is 4.40. The van der Waals surface area contributed by atoms with Crippen LogP contribution < -0.4 is 19.1 Å². The second-order valence-electron chi connectivity index (χ2n) is 8.75. The SMILES string of the molecule is COc1ccc(CN(C[C@H]2CCCO2)C(=O)CN2C(=O)[C@H](C)Oc3ccc(C)cc32)cc1OC. The molecule has 2 aromatic rings. The summed E-state index contributed by atoms with van der Waals surface area (Å²) in [5, 5.41) is 0. The van der Waals surface area contributed by atoms with Crippen molar-refractivity contribution in [1.82, 2.24) is 4.90 Å². The van der Waals surface area contributed by atoms with Crippen molar-refractivity contribution in [2.45, 2.75) is 45.4 Å². The lowest BCUT2D eigenvalue weighted by atomic mass is 10.1. The second-order valence-corrected chi connectivity index (χ2v) is 8.75. The Morgan fingerprint density at radius 3 is 2.65 bits per heavy atom. The maximum Gasteiger partial charge on any atom is 0.268 e. The molecule has 2 aromatic carbocycles. The van der Waals surface area contributed by atoms with Crippen molar-refractivity contribution in [3.8, 4) is 17.2 Å². The number of amides is 2. The van der Waals surface area contributed by atoms with Gasteiger partial charge in [-0.1, -0.05) is 12.1 Å². The van der Waals surface area contributed by atoms with E-state index in [2.05, 4.69) is 0 Å². The molecule has 2 amide bonds. The van der Waals surface area contributed by atoms with Gasteiger partial charge in [-0.05, 0) is 62.1 Å². The summed E-state index contributed by atoms with van der Waals surface area (Å²) < 4.78 is 22.3. The predicted octanol–water partition coefficient (Wildman–Crippen LogP) is 3.33. The van der Waals surface area contributed by atoms with Crippen LogP contribution in [0.4, 0.5) is 5.69 Å². The highest BCUT2D eigenvalue weighted by Crippen LogP contribution is 2.35. The Bertz CT molecular complexity index is 1050. The Morgan fingerprint density at radius 2 is 1.94 bits per heavy atom. The first kappa shape index (κ1) is 23.9. The van der Waals surface area contributed by atoms with E-state index in [1.54, 1.807) is 26.0 Å². The zero-order valence-electron chi connectivity index (χ0n) is 20.2. The number of carbonyl (C=O) groups excluding carboxylic acids is 2. The standard InChI is InChI=1S/C26H32N2O6/c1-17-7-9-22-21(12-17)28(26(30)18(2)34-22)16-25(29)27(15-20-6-5-11-33-20)14-19-8-10-23(31-3)24(13-19)32-4/h7-10,12-13,18,20H,5-6,11,14-16H2,1-4H3/t18-,20+/m0/s1. The minimum Gasteiger partial charge on any atom is -0.493 e. The molecule has 0 aliphatic carbocycles. The molecule has 2 heterocycles. The van der Waals surface area contributed by atoms with Crippen LogP contribution in [0, 0.1) is 6.92 Å². The average Bonchev–Trinajstić information content (AvgIpc) is 3.35. The molecule has 2 aliphatic rings. The molecule has 2 atom stereocenters. The van der Waals surface area contributed by atoms with Gasteiger partial charge in [0.05, 0.1) is 26.0 Å². The number of carbonyl (C=O) groups is 2. The molecule has 1 fully saturated rings. The molecule has 0 radical (unpaired) electrons. The lowest BCUT2D eigenvalue weighted by Gasteiger charge is -2.34. The quantitative estimate of drug-likeness (QED) is 0.592. The summed E-state index contributed by atoms with van der Waals surface area (Å²) in [5.41, 5.74) is 2.52. The maximum atomic E-state index is 13.6. The second kappa shape index (κ2) is 10.3. The summed E-state index contributed by atoms with van der Waals surface area (Å²) in [4.78, 5) is 29.9. The first-order valence-electron chi connectivity index (χ1n) is 11.6. The van der Waals surface area contributed by atoms with E-state index in [0.29, 0.717) is 42.6 Å². The van der Waals surface area contributed by atoms with Crippen LogP contribution in [0.5, 0.6) is 17.2 Å². The Labute approximate surface area is 200 Å². The van der Waals surface area contributed by atoms with Crippen molar-refractivity contribution >= 4 is 17.5 Å². The number of rotatable bonds is 8. The molecule has 8 nitrogen and oxygen atoms in total. The van der Waals surface area contributed by atoms with Crippen LogP contribution in [-0.2, 0) is 20.9 Å². The van der Waals surface area contributed by atoms with Crippen molar-refractivity contribution < 1.29 is 28.5 Å². The summed E-state index contributed by atoms with van der Waals surface area (Å²) in [6.07, 6.45) is 1.22. The lowest BCUT2D eigenvalue weighted by Crippen LogP contribution is -2.50. The molecule has 1 saturated heterocycles. The van der Waals surface area contributed by atoms with E-state index in [4.69, 9.17) is 18.9 Å². The topological polar surface area (TPSA) is 77.5 Å². The largest absolute Gasteiger partial charge is 0.493 e. The number of hydrogen-bond acceptors (Lipinski definition) is 6. The van der Waals surface area contributed by atoms with E-state index >= 15 is 0 Å². The van der Waals surface area contributed by atoms with Crippen LogP contribution >= 0.6 is 0 Å². The fourth-order valence-electron chi connectivity index (χ4n) is 4.40. The van der Waals surface area contributed by atoms with Gasteiger partial charge < -0.3 is 23.8 Å². The number of nitrogens with zero attached hydrogens (tertiary/aromatic N) is 2. The van der Waals surface area contributed by atoms with Gasteiger partial charge in [0.2, 0.25) is 5.91 Å². The van der Waals surface area contributed by atoms with Gasteiger partial charge in [-0.15, -0.1) is 0 Å². The minimum atomic E-state index is -0.652. The number of aryl methyl sites for hydroxylation is 1. The predicted molar refractivity (Wildman–Crippen MR) is 128 cm³/mol. The van der Waals surface area contributed by atoms with Crippen LogP contribution in [-0.4, -0.2) is 62.8 Å². The number of fused-ring (bicyclic) bond motifs is 1. The van der Waals surface area contributed by atoms with Gasteiger partial charge >= 0.3 is 0 Å². The molecule has 0 N–H and O–H groups in total. The van der Waals surface area contributed by atoms with E-state index in [1.165, 1.54) is 4.90 Å². The molecule has 8 heteroatoms. The smallest absolute Gasteiger partial charge is 0.268 e. The Balaban J connectivity index is 1.58. The Morgan fingerprint density at radius 1 is 1.15 bits per heavy atom. The van der Waals surface area contributed by atoms with Gasteiger partial charge in [-0.3, -0.25) is 14.5 Å². The van der Waals surface area contributed by atoms with Crippen molar-refractivity contribution in [2.75, 3.05) is 38.8 Å². The molecule has 0 bridgehead atoms. The highest BCUT2D eigenvalue weighted by Gasteiger charge is 2.34. The Kier molecular flexibility index (Phi) is 7.26. The third-order valence-electron chi connectivity index (χ3n) is 6.24. The zero-order valence-corrected chi connectivity index (χ0v) is 20.2. The van der Waals surface area contributed by atoms with Crippen LogP contribution in [0.25, 0.3) is 0 Å². The first-order valence-corrected chi connectivity index (χ1v) is 11.6. The summed E-state index contributed by atoms with van der Waals surface area (Å²) in [7, 11) is 3.17. The third-order valence-corrected chi connectivity index (χ3v) is 6.24. The fraction of sp³-hybridized carbons (Fsp3) is 0.462. The summed E-state index contributed by atoms with van der Waals surface area (Å²) in [6, 6.07) is 11.3. The molecule has 2 aliphatic heterocycles. The highest BCUT2D eigenvalue weighted by atomic mass is 16.5. The molecule has 4 rings (SSSR count). The molecule has 34 heavy (non-hydrogen) atoms. The molecule has 0 saturated carbocycles. The number of anilines is 1. The number of benzene rings is 2. The lowest BCUT2D eigenvalue weighted by molar-refractivity contribution is -0.134. The van der Waals surface area contributed by atoms with Gasteiger partial charge in [0.1, 0.15) is 12.3 Å².